The van der Waals surface area contributed by atoms with Gasteiger partial charge in [0.1, 0.15) is 0 Å². The fourth-order valence-electron chi connectivity index (χ4n) is 3.32. The predicted molar refractivity (Wildman–Crippen MR) is 90.1 cm³/mol. The molecule has 1 aliphatic heterocycles. The topological polar surface area (TPSA) is 15.3 Å². The molecule has 1 unspecified atom stereocenters. The molecule has 2 heteroatoms. The molecule has 1 fully saturated rings. The summed E-state index contributed by atoms with van der Waals surface area (Å²) in [5.41, 5.74) is 0. The van der Waals surface area contributed by atoms with Gasteiger partial charge in [0.2, 0.25) is 0 Å². The summed E-state index contributed by atoms with van der Waals surface area (Å²) in [6.45, 7) is 9.44. The summed E-state index contributed by atoms with van der Waals surface area (Å²) >= 11 is 0. The third-order valence-electron chi connectivity index (χ3n) is 4.62. The lowest BCUT2D eigenvalue weighted by Gasteiger charge is -2.39. The molecular weight excluding hydrogens is 244 g/mol. The van der Waals surface area contributed by atoms with Crippen molar-refractivity contribution >= 4 is 0 Å². The molecule has 2 nitrogen and oxygen atoms in total. The van der Waals surface area contributed by atoms with Gasteiger partial charge in [0.15, 0.2) is 0 Å². The Bertz CT molecular complexity index is 215. The summed E-state index contributed by atoms with van der Waals surface area (Å²) < 4.78 is 0. The van der Waals surface area contributed by atoms with Crippen LogP contribution in [0.5, 0.6) is 0 Å². The van der Waals surface area contributed by atoms with Gasteiger partial charge in [0, 0.05) is 6.04 Å². The average Bonchev–Trinajstić information content (AvgIpc) is 2.46. The van der Waals surface area contributed by atoms with E-state index in [9.17, 15) is 0 Å². The van der Waals surface area contributed by atoms with Crippen molar-refractivity contribution in [1.82, 2.24) is 10.2 Å². The van der Waals surface area contributed by atoms with E-state index in [1.807, 2.05) is 0 Å². The minimum atomic E-state index is 0.647. The Balaban J connectivity index is 1.97. The molecule has 0 aromatic heterocycles. The van der Waals surface area contributed by atoms with E-state index in [4.69, 9.17) is 0 Å². The minimum absolute atomic E-state index is 0.647. The van der Waals surface area contributed by atoms with Crippen LogP contribution in [-0.4, -0.2) is 30.2 Å². The highest BCUT2D eigenvalue weighted by Crippen LogP contribution is 2.17. The molecular formula is C18H38N2. The highest BCUT2D eigenvalue weighted by molar-refractivity contribution is 4.77. The maximum atomic E-state index is 3.79. The maximum absolute atomic E-state index is 3.79. The molecule has 0 radical (unpaired) electrons. The van der Waals surface area contributed by atoms with Crippen molar-refractivity contribution in [1.29, 1.82) is 0 Å². The van der Waals surface area contributed by atoms with Crippen molar-refractivity contribution < 1.29 is 0 Å². The number of piperidine rings is 1. The second-order valence-electron chi connectivity index (χ2n) is 6.77. The highest BCUT2D eigenvalue weighted by Gasteiger charge is 2.23. The molecule has 120 valence electrons. The Morgan fingerprint density at radius 3 is 2.25 bits per heavy atom. The van der Waals surface area contributed by atoms with Crippen molar-refractivity contribution in [3.63, 3.8) is 0 Å². The Kier molecular flexibility index (Phi) is 10.4. The molecule has 0 aromatic carbocycles. The lowest BCUT2D eigenvalue weighted by molar-refractivity contribution is 0.0879. The predicted octanol–water partition coefficient (Wildman–Crippen LogP) is 4.94. The van der Waals surface area contributed by atoms with E-state index in [-0.39, 0.29) is 0 Å². The number of rotatable bonds is 11. The van der Waals surface area contributed by atoms with Crippen LogP contribution in [0.3, 0.4) is 0 Å². The van der Waals surface area contributed by atoms with Gasteiger partial charge in [-0.3, -0.25) is 4.90 Å². The zero-order valence-corrected chi connectivity index (χ0v) is 14.3. The van der Waals surface area contributed by atoms with Crippen LogP contribution in [0, 0.1) is 0 Å². The van der Waals surface area contributed by atoms with Crippen LogP contribution < -0.4 is 5.32 Å². The Morgan fingerprint density at radius 2 is 1.60 bits per heavy atom. The van der Waals surface area contributed by atoms with Crippen LogP contribution in [0.15, 0.2) is 0 Å². The first-order valence-corrected chi connectivity index (χ1v) is 9.24. The lowest BCUT2D eigenvalue weighted by atomic mass is 10.1. The number of hydrogen-bond donors (Lipinski definition) is 1. The van der Waals surface area contributed by atoms with Crippen LogP contribution in [0.2, 0.25) is 0 Å². The molecule has 1 heterocycles. The first kappa shape index (κ1) is 18.0. The van der Waals surface area contributed by atoms with Crippen LogP contribution in [-0.2, 0) is 0 Å². The van der Waals surface area contributed by atoms with E-state index < -0.39 is 0 Å². The Labute approximate surface area is 127 Å². The van der Waals surface area contributed by atoms with Crippen molar-refractivity contribution in [3.05, 3.63) is 0 Å². The molecule has 0 bridgehead atoms. The standard InChI is InChI=1S/C18H38N2/c1-4-5-6-7-8-9-10-12-15-19-18-14-11-13-16-20(18)17(2)3/h17-19H,4-16H2,1-3H3. The average molecular weight is 283 g/mol. The first-order valence-electron chi connectivity index (χ1n) is 9.24. The SMILES string of the molecule is CCCCCCCCCCNC1CCCCN1C(C)C. The number of likely N-dealkylation sites (tertiary alicyclic amines) is 1. The molecule has 1 rings (SSSR count). The van der Waals surface area contributed by atoms with Crippen LogP contribution >= 0.6 is 0 Å². The van der Waals surface area contributed by atoms with E-state index in [0.717, 1.165) is 0 Å². The molecule has 0 saturated carbocycles. The van der Waals surface area contributed by atoms with Crippen molar-refractivity contribution in [2.45, 2.75) is 104 Å². The second-order valence-corrected chi connectivity index (χ2v) is 6.77. The zero-order valence-electron chi connectivity index (χ0n) is 14.3. The van der Waals surface area contributed by atoms with Gasteiger partial charge < -0.3 is 5.32 Å². The van der Waals surface area contributed by atoms with Crippen molar-refractivity contribution in [2.75, 3.05) is 13.1 Å². The molecule has 0 amide bonds. The third-order valence-corrected chi connectivity index (χ3v) is 4.62. The summed E-state index contributed by atoms with van der Waals surface area (Å²) in [5, 5.41) is 3.79. The monoisotopic (exact) mass is 282 g/mol. The largest absolute Gasteiger partial charge is 0.302 e. The molecule has 0 aliphatic carbocycles. The van der Waals surface area contributed by atoms with Gasteiger partial charge in [-0.05, 0) is 52.6 Å². The summed E-state index contributed by atoms with van der Waals surface area (Å²) in [5.74, 6) is 0. The second kappa shape index (κ2) is 11.6. The van der Waals surface area contributed by atoms with Crippen LogP contribution in [0.4, 0.5) is 0 Å². The third kappa shape index (κ3) is 7.64. The smallest absolute Gasteiger partial charge is 0.0599 e. The van der Waals surface area contributed by atoms with E-state index in [1.165, 1.54) is 83.7 Å². The Hall–Kier alpha value is -0.0800. The molecule has 1 N–H and O–H groups in total. The summed E-state index contributed by atoms with van der Waals surface area (Å²) in [7, 11) is 0. The highest BCUT2D eigenvalue weighted by atomic mass is 15.3. The summed E-state index contributed by atoms with van der Waals surface area (Å²) in [6.07, 6.45) is 16.1. The first-order chi connectivity index (χ1) is 9.75. The lowest BCUT2D eigenvalue weighted by Crippen LogP contribution is -2.51. The van der Waals surface area contributed by atoms with Gasteiger partial charge >= 0.3 is 0 Å². The fourth-order valence-corrected chi connectivity index (χ4v) is 3.32. The fraction of sp³-hybridized carbons (Fsp3) is 1.00. The van der Waals surface area contributed by atoms with Gasteiger partial charge in [-0.15, -0.1) is 0 Å². The van der Waals surface area contributed by atoms with E-state index >= 15 is 0 Å². The Morgan fingerprint density at radius 1 is 0.950 bits per heavy atom. The number of nitrogens with zero attached hydrogens (tertiary/aromatic N) is 1. The van der Waals surface area contributed by atoms with Gasteiger partial charge in [-0.1, -0.05) is 51.9 Å². The van der Waals surface area contributed by atoms with Gasteiger partial charge in [-0.2, -0.15) is 0 Å². The van der Waals surface area contributed by atoms with E-state index in [0.29, 0.717) is 12.2 Å². The number of nitrogens with one attached hydrogen (secondary N) is 1. The molecule has 1 atom stereocenters. The quantitative estimate of drug-likeness (QED) is 0.540. The van der Waals surface area contributed by atoms with E-state index in [1.54, 1.807) is 0 Å². The van der Waals surface area contributed by atoms with Gasteiger partial charge in [0.05, 0.1) is 6.17 Å². The van der Waals surface area contributed by atoms with Crippen LogP contribution in [0.25, 0.3) is 0 Å². The summed E-state index contributed by atoms with van der Waals surface area (Å²) in [4.78, 5) is 2.65. The van der Waals surface area contributed by atoms with Gasteiger partial charge in [0.25, 0.3) is 0 Å². The zero-order chi connectivity index (χ0) is 14.6. The van der Waals surface area contributed by atoms with E-state index in [2.05, 4.69) is 31.0 Å². The maximum Gasteiger partial charge on any atom is 0.0599 e. The number of hydrogen-bond acceptors (Lipinski definition) is 2. The number of unbranched alkanes of at least 4 members (excludes halogenated alkanes) is 7. The molecule has 20 heavy (non-hydrogen) atoms. The van der Waals surface area contributed by atoms with Crippen LogP contribution in [0.1, 0.15) is 91.4 Å². The van der Waals surface area contributed by atoms with Crippen molar-refractivity contribution in [2.24, 2.45) is 0 Å². The van der Waals surface area contributed by atoms with Crippen molar-refractivity contribution in [3.8, 4) is 0 Å². The summed E-state index contributed by atoms with van der Waals surface area (Å²) in [6, 6.07) is 0.686. The normalized spacial score (nSPS) is 20.7. The molecule has 0 aromatic rings. The molecule has 1 saturated heterocycles. The molecule has 0 spiro atoms. The van der Waals surface area contributed by atoms with Gasteiger partial charge in [-0.25, -0.2) is 0 Å². The molecule has 1 aliphatic rings. The minimum Gasteiger partial charge on any atom is -0.302 e.